The average Bonchev–Trinajstić information content (AvgIpc) is 2.63. The van der Waals surface area contributed by atoms with Crippen LogP contribution < -0.4 is 16.0 Å². The Hall–Kier alpha value is -2.47. The summed E-state index contributed by atoms with van der Waals surface area (Å²) in [7, 11) is 0. The minimum Gasteiger partial charge on any atom is -0.350 e. The van der Waals surface area contributed by atoms with E-state index in [1.807, 2.05) is 31.2 Å². The molecule has 1 amide bonds. The van der Waals surface area contributed by atoms with Gasteiger partial charge in [-0.05, 0) is 31.4 Å². The number of rotatable bonds is 4. The number of aromatic nitrogens is 2. The van der Waals surface area contributed by atoms with Crippen LogP contribution in [0.25, 0.3) is 0 Å². The van der Waals surface area contributed by atoms with Crippen LogP contribution in [0.4, 0.5) is 5.95 Å². The Morgan fingerprint density at radius 1 is 1.29 bits per heavy atom. The van der Waals surface area contributed by atoms with Gasteiger partial charge in [0.2, 0.25) is 11.9 Å². The Kier molecular flexibility index (Phi) is 5.05. The molecule has 1 aromatic heterocycles. The van der Waals surface area contributed by atoms with Crippen LogP contribution in [0.15, 0.2) is 42.7 Å². The van der Waals surface area contributed by atoms with E-state index < -0.39 is 6.04 Å². The Morgan fingerprint density at radius 2 is 2.00 bits per heavy atom. The van der Waals surface area contributed by atoms with Crippen molar-refractivity contribution < 1.29 is 4.79 Å². The van der Waals surface area contributed by atoms with Gasteiger partial charge < -0.3 is 16.0 Å². The number of benzene rings is 1. The van der Waals surface area contributed by atoms with Crippen LogP contribution in [0, 0.1) is 6.92 Å². The standard InChI is InChI=1S/C18H23N5O/c1-13-5-7-14(8-6-13)16(19)17(24)22-15-4-2-11-23(12-15)18-20-9-3-10-21-18/h3,5-10,15-16H,2,4,11-12,19H2,1H3,(H,22,24). The van der Waals surface area contributed by atoms with Gasteiger partial charge in [0.05, 0.1) is 0 Å². The van der Waals surface area contributed by atoms with Crippen molar-refractivity contribution in [1.82, 2.24) is 15.3 Å². The molecule has 3 N–H and O–H groups in total. The zero-order valence-corrected chi connectivity index (χ0v) is 13.9. The number of hydrogen-bond donors (Lipinski definition) is 2. The molecule has 2 aromatic rings. The molecule has 6 nitrogen and oxygen atoms in total. The maximum absolute atomic E-state index is 12.5. The molecule has 24 heavy (non-hydrogen) atoms. The van der Waals surface area contributed by atoms with Crippen LogP contribution in [0.5, 0.6) is 0 Å². The van der Waals surface area contributed by atoms with Gasteiger partial charge in [-0.15, -0.1) is 0 Å². The quantitative estimate of drug-likeness (QED) is 0.891. The van der Waals surface area contributed by atoms with Crippen molar-refractivity contribution in [3.63, 3.8) is 0 Å². The van der Waals surface area contributed by atoms with E-state index in [0.29, 0.717) is 12.5 Å². The molecule has 1 fully saturated rings. The Balaban J connectivity index is 1.60. The van der Waals surface area contributed by atoms with Gasteiger partial charge in [-0.1, -0.05) is 29.8 Å². The smallest absolute Gasteiger partial charge is 0.241 e. The van der Waals surface area contributed by atoms with Crippen LogP contribution in [-0.2, 0) is 4.79 Å². The summed E-state index contributed by atoms with van der Waals surface area (Å²) < 4.78 is 0. The lowest BCUT2D eigenvalue weighted by Crippen LogP contribution is -2.50. The molecule has 0 radical (unpaired) electrons. The van der Waals surface area contributed by atoms with E-state index >= 15 is 0 Å². The topological polar surface area (TPSA) is 84.1 Å². The molecule has 2 heterocycles. The zero-order valence-electron chi connectivity index (χ0n) is 13.9. The second-order valence-corrected chi connectivity index (χ2v) is 6.23. The molecule has 6 heteroatoms. The summed E-state index contributed by atoms with van der Waals surface area (Å²) in [5.41, 5.74) is 8.08. The number of nitrogens with one attached hydrogen (secondary N) is 1. The maximum atomic E-state index is 12.5. The van der Waals surface area contributed by atoms with Crippen molar-refractivity contribution in [3.8, 4) is 0 Å². The van der Waals surface area contributed by atoms with Gasteiger partial charge in [-0.25, -0.2) is 9.97 Å². The highest BCUT2D eigenvalue weighted by Crippen LogP contribution is 2.17. The van der Waals surface area contributed by atoms with Gasteiger partial charge in [0, 0.05) is 31.5 Å². The predicted molar refractivity (Wildman–Crippen MR) is 93.5 cm³/mol. The van der Waals surface area contributed by atoms with E-state index in [0.717, 1.165) is 30.5 Å². The van der Waals surface area contributed by atoms with E-state index in [4.69, 9.17) is 5.73 Å². The molecule has 0 aliphatic carbocycles. The van der Waals surface area contributed by atoms with Crippen LogP contribution in [0.1, 0.15) is 30.0 Å². The summed E-state index contributed by atoms with van der Waals surface area (Å²) >= 11 is 0. The number of carbonyl (C=O) groups excluding carboxylic acids is 1. The molecule has 0 spiro atoms. The highest BCUT2D eigenvalue weighted by molar-refractivity contribution is 5.83. The summed E-state index contributed by atoms with van der Waals surface area (Å²) in [5, 5.41) is 3.07. The molecule has 2 unspecified atom stereocenters. The minimum absolute atomic E-state index is 0.0616. The number of nitrogens with zero attached hydrogens (tertiary/aromatic N) is 3. The molecule has 1 aliphatic rings. The molecule has 0 saturated carbocycles. The number of nitrogens with two attached hydrogens (primary N) is 1. The van der Waals surface area contributed by atoms with Gasteiger partial charge in [0.15, 0.2) is 0 Å². The Morgan fingerprint density at radius 3 is 2.71 bits per heavy atom. The second kappa shape index (κ2) is 7.40. The molecule has 1 aliphatic heterocycles. The highest BCUT2D eigenvalue weighted by atomic mass is 16.2. The van der Waals surface area contributed by atoms with E-state index in [1.165, 1.54) is 0 Å². The SMILES string of the molecule is Cc1ccc(C(N)C(=O)NC2CCCN(c3ncccn3)C2)cc1. The fraction of sp³-hybridized carbons (Fsp3) is 0.389. The van der Waals surface area contributed by atoms with Crippen LogP contribution in [-0.4, -0.2) is 35.0 Å². The fourth-order valence-corrected chi connectivity index (χ4v) is 2.95. The third-order valence-corrected chi connectivity index (χ3v) is 4.32. The fourth-order valence-electron chi connectivity index (χ4n) is 2.95. The lowest BCUT2D eigenvalue weighted by atomic mass is 10.0. The summed E-state index contributed by atoms with van der Waals surface area (Å²) in [5.74, 6) is 0.568. The number of hydrogen-bond acceptors (Lipinski definition) is 5. The van der Waals surface area contributed by atoms with Crippen LogP contribution >= 0.6 is 0 Å². The van der Waals surface area contributed by atoms with Crippen molar-refractivity contribution in [2.45, 2.75) is 31.8 Å². The van der Waals surface area contributed by atoms with E-state index in [1.54, 1.807) is 18.5 Å². The molecule has 1 saturated heterocycles. The first-order chi connectivity index (χ1) is 11.6. The molecule has 0 bridgehead atoms. The number of carbonyl (C=O) groups is 1. The van der Waals surface area contributed by atoms with E-state index in [2.05, 4.69) is 20.2 Å². The molecular weight excluding hydrogens is 302 g/mol. The van der Waals surface area contributed by atoms with Crippen LogP contribution in [0.3, 0.4) is 0 Å². The second-order valence-electron chi connectivity index (χ2n) is 6.23. The Bertz CT molecular complexity index is 674. The summed E-state index contributed by atoms with van der Waals surface area (Å²) in [4.78, 5) is 23.1. The summed E-state index contributed by atoms with van der Waals surface area (Å²) in [6, 6.07) is 8.97. The van der Waals surface area contributed by atoms with E-state index in [9.17, 15) is 4.79 Å². The monoisotopic (exact) mass is 325 g/mol. The number of anilines is 1. The third-order valence-electron chi connectivity index (χ3n) is 4.32. The summed E-state index contributed by atoms with van der Waals surface area (Å²) in [6.07, 6.45) is 5.40. The lowest BCUT2D eigenvalue weighted by molar-refractivity contribution is -0.123. The third kappa shape index (κ3) is 3.89. The molecule has 126 valence electrons. The molecule has 3 rings (SSSR count). The first-order valence-corrected chi connectivity index (χ1v) is 8.28. The largest absolute Gasteiger partial charge is 0.350 e. The predicted octanol–water partition coefficient (Wildman–Crippen LogP) is 1.57. The molecule has 2 atom stereocenters. The first-order valence-electron chi connectivity index (χ1n) is 8.28. The van der Waals surface area contributed by atoms with Gasteiger partial charge in [-0.2, -0.15) is 0 Å². The Labute approximate surface area is 142 Å². The van der Waals surface area contributed by atoms with E-state index in [-0.39, 0.29) is 11.9 Å². The van der Waals surface area contributed by atoms with Crippen molar-refractivity contribution in [2.75, 3.05) is 18.0 Å². The minimum atomic E-state index is -0.644. The number of piperidine rings is 1. The summed E-state index contributed by atoms with van der Waals surface area (Å²) in [6.45, 7) is 3.62. The highest BCUT2D eigenvalue weighted by Gasteiger charge is 2.25. The van der Waals surface area contributed by atoms with Crippen molar-refractivity contribution in [3.05, 3.63) is 53.9 Å². The van der Waals surface area contributed by atoms with Gasteiger partial charge in [0.1, 0.15) is 6.04 Å². The number of aryl methyl sites for hydroxylation is 1. The van der Waals surface area contributed by atoms with Gasteiger partial charge in [0.25, 0.3) is 0 Å². The zero-order chi connectivity index (χ0) is 16.9. The first kappa shape index (κ1) is 16.4. The van der Waals surface area contributed by atoms with Gasteiger partial charge >= 0.3 is 0 Å². The van der Waals surface area contributed by atoms with Gasteiger partial charge in [-0.3, -0.25) is 4.79 Å². The molecule has 1 aromatic carbocycles. The maximum Gasteiger partial charge on any atom is 0.241 e. The normalized spacial score (nSPS) is 18.9. The molecular formula is C18H23N5O. The average molecular weight is 325 g/mol. The number of amides is 1. The van der Waals surface area contributed by atoms with Crippen molar-refractivity contribution in [1.29, 1.82) is 0 Å². The van der Waals surface area contributed by atoms with Crippen molar-refractivity contribution >= 4 is 11.9 Å². The van der Waals surface area contributed by atoms with Crippen molar-refractivity contribution in [2.24, 2.45) is 5.73 Å². The lowest BCUT2D eigenvalue weighted by Gasteiger charge is -2.33. The van der Waals surface area contributed by atoms with Crippen LogP contribution in [0.2, 0.25) is 0 Å².